The number of carbonyl (C=O) groups is 1. The van der Waals surface area contributed by atoms with E-state index in [1.54, 1.807) is 0 Å². The number of pyridine rings is 1. The van der Waals surface area contributed by atoms with E-state index in [0.717, 1.165) is 22.0 Å². The predicted octanol–water partition coefficient (Wildman–Crippen LogP) is 3.18. The summed E-state index contributed by atoms with van der Waals surface area (Å²) in [7, 11) is 0. The number of fused-ring (bicyclic) bond motifs is 1. The molecule has 2 heterocycles. The van der Waals surface area contributed by atoms with Crippen molar-refractivity contribution in [2.45, 2.75) is 27.7 Å². The molecule has 0 aliphatic rings. The number of nitrogens with one attached hydrogen (secondary N) is 1. The van der Waals surface area contributed by atoms with E-state index in [9.17, 15) is 10.1 Å². The van der Waals surface area contributed by atoms with Crippen molar-refractivity contribution in [3.8, 4) is 11.9 Å². The van der Waals surface area contributed by atoms with Crippen LogP contribution in [0.2, 0.25) is 0 Å². The number of amides is 1. The number of carbonyl (C=O) groups excluding carboxylic acids is 1. The van der Waals surface area contributed by atoms with Gasteiger partial charge in [0.2, 0.25) is 5.91 Å². The van der Waals surface area contributed by atoms with Crippen LogP contribution in [0, 0.1) is 32.1 Å². The second kappa shape index (κ2) is 5.78. The molecule has 1 aromatic carbocycles. The van der Waals surface area contributed by atoms with Gasteiger partial charge in [0.05, 0.1) is 11.7 Å². The van der Waals surface area contributed by atoms with Crippen molar-refractivity contribution in [2.75, 3.05) is 5.32 Å². The highest BCUT2D eigenvalue weighted by molar-refractivity contribution is 5.90. The first-order chi connectivity index (χ1) is 11.4. The van der Waals surface area contributed by atoms with Gasteiger partial charge in [0.1, 0.15) is 11.6 Å². The Kier molecular flexibility index (Phi) is 3.78. The van der Waals surface area contributed by atoms with Gasteiger partial charge in [0.25, 0.3) is 0 Å². The number of hydrogen-bond acceptors (Lipinski definition) is 4. The van der Waals surface area contributed by atoms with Crippen LogP contribution in [0.3, 0.4) is 0 Å². The first-order valence-electron chi connectivity index (χ1n) is 7.55. The van der Waals surface area contributed by atoms with Crippen molar-refractivity contribution in [3.05, 3.63) is 46.6 Å². The maximum atomic E-state index is 11.5. The summed E-state index contributed by atoms with van der Waals surface area (Å²) >= 11 is 0. The molecule has 3 aromatic rings. The van der Waals surface area contributed by atoms with Gasteiger partial charge in [0, 0.05) is 12.3 Å². The molecule has 6 nitrogen and oxygen atoms in total. The number of nitriles is 1. The van der Waals surface area contributed by atoms with Crippen molar-refractivity contribution in [1.29, 1.82) is 5.26 Å². The first kappa shape index (κ1) is 15.7. The Labute approximate surface area is 139 Å². The van der Waals surface area contributed by atoms with Crippen LogP contribution in [0.1, 0.15) is 29.2 Å². The minimum absolute atomic E-state index is 0.266. The van der Waals surface area contributed by atoms with Crippen molar-refractivity contribution < 1.29 is 4.79 Å². The van der Waals surface area contributed by atoms with Crippen LogP contribution in [0.15, 0.2) is 24.4 Å². The van der Waals surface area contributed by atoms with Gasteiger partial charge in [-0.05, 0) is 44.0 Å². The molecule has 0 saturated heterocycles. The van der Waals surface area contributed by atoms with Crippen molar-refractivity contribution >= 4 is 22.6 Å². The van der Waals surface area contributed by atoms with Crippen molar-refractivity contribution in [2.24, 2.45) is 0 Å². The maximum absolute atomic E-state index is 11.5. The lowest BCUT2D eigenvalue weighted by molar-refractivity contribution is -0.114. The third kappa shape index (κ3) is 2.61. The molecule has 0 atom stereocenters. The average Bonchev–Trinajstić information content (AvgIpc) is 2.90. The Bertz CT molecular complexity index is 1010. The molecule has 120 valence electrons. The Morgan fingerprint density at radius 3 is 2.62 bits per heavy atom. The quantitative estimate of drug-likeness (QED) is 0.786. The summed E-state index contributed by atoms with van der Waals surface area (Å²) in [6.07, 6.45) is 1.43. The molecule has 6 heteroatoms. The van der Waals surface area contributed by atoms with Gasteiger partial charge < -0.3 is 5.32 Å². The standard InChI is InChI=1S/C18H17N5O/c1-10-5-12(3)17-15(6-10)11(2)7-16(22-17)23-18(21-13(4)24)14(8-19)9-20-23/h5-7,9H,1-4H3,(H,21,24). The number of benzene rings is 1. The van der Waals surface area contributed by atoms with E-state index in [-0.39, 0.29) is 5.91 Å². The molecule has 0 saturated carbocycles. The minimum atomic E-state index is -0.266. The second-order valence-electron chi connectivity index (χ2n) is 5.89. The number of hydrogen-bond donors (Lipinski definition) is 1. The summed E-state index contributed by atoms with van der Waals surface area (Å²) in [6.45, 7) is 7.48. The normalized spacial score (nSPS) is 10.6. The summed E-state index contributed by atoms with van der Waals surface area (Å²) in [5, 5.41) is 17.2. The lowest BCUT2D eigenvalue weighted by Gasteiger charge is -2.12. The summed E-state index contributed by atoms with van der Waals surface area (Å²) < 4.78 is 1.49. The Morgan fingerprint density at radius 2 is 1.96 bits per heavy atom. The van der Waals surface area contributed by atoms with E-state index in [2.05, 4.69) is 29.5 Å². The minimum Gasteiger partial charge on any atom is -0.310 e. The monoisotopic (exact) mass is 319 g/mol. The maximum Gasteiger partial charge on any atom is 0.222 e. The topological polar surface area (TPSA) is 83.6 Å². The van der Waals surface area contributed by atoms with E-state index in [1.807, 2.05) is 26.0 Å². The van der Waals surface area contributed by atoms with Crippen LogP contribution >= 0.6 is 0 Å². The molecule has 1 N–H and O–H groups in total. The smallest absolute Gasteiger partial charge is 0.222 e. The van der Waals surface area contributed by atoms with E-state index < -0.39 is 0 Å². The summed E-state index contributed by atoms with van der Waals surface area (Å²) in [4.78, 5) is 16.2. The predicted molar refractivity (Wildman–Crippen MR) is 92.1 cm³/mol. The van der Waals surface area contributed by atoms with Gasteiger partial charge >= 0.3 is 0 Å². The molecule has 0 aliphatic heterocycles. The van der Waals surface area contributed by atoms with E-state index >= 15 is 0 Å². The van der Waals surface area contributed by atoms with Gasteiger partial charge in [-0.2, -0.15) is 15.0 Å². The summed E-state index contributed by atoms with van der Waals surface area (Å²) in [5.41, 5.74) is 4.50. The lowest BCUT2D eigenvalue weighted by Crippen LogP contribution is -2.13. The van der Waals surface area contributed by atoms with Gasteiger partial charge in [-0.3, -0.25) is 4.79 Å². The molecule has 0 radical (unpaired) electrons. The summed E-state index contributed by atoms with van der Waals surface area (Å²) in [5.74, 6) is 0.635. The van der Waals surface area contributed by atoms with Crippen LogP contribution in [-0.4, -0.2) is 20.7 Å². The largest absolute Gasteiger partial charge is 0.310 e. The first-order valence-corrected chi connectivity index (χ1v) is 7.55. The zero-order valence-corrected chi connectivity index (χ0v) is 14.0. The molecular formula is C18H17N5O. The van der Waals surface area contributed by atoms with Crippen LogP contribution in [0.25, 0.3) is 16.7 Å². The Balaban J connectivity index is 2.26. The van der Waals surface area contributed by atoms with Gasteiger partial charge in [-0.1, -0.05) is 11.6 Å². The molecule has 0 bridgehead atoms. The van der Waals surface area contributed by atoms with Crippen molar-refractivity contribution in [3.63, 3.8) is 0 Å². The molecule has 2 aromatic heterocycles. The van der Waals surface area contributed by atoms with Crippen molar-refractivity contribution in [1.82, 2.24) is 14.8 Å². The molecule has 3 rings (SSSR count). The highest BCUT2D eigenvalue weighted by Crippen LogP contribution is 2.26. The number of nitrogens with zero attached hydrogens (tertiary/aromatic N) is 4. The summed E-state index contributed by atoms with van der Waals surface area (Å²) in [6, 6.07) is 8.12. The van der Waals surface area contributed by atoms with Gasteiger partial charge in [-0.15, -0.1) is 0 Å². The molecule has 0 fully saturated rings. The van der Waals surface area contributed by atoms with Crippen LogP contribution in [-0.2, 0) is 4.79 Å². The van der Waals surface area contributed by atoms with Crippen LogP contribution in [0.4, 0.5) is 5.82 Å². The van der Waals surface area contributed by atoms with E-state index in [1.165, 1.54) is 23.4 Å². The van der Waals surface area contributed by atoms with E-state index in [0.29, 0.717) is 17.2 Å². The number of aromatic nitrogens is 3. The molecular weight excluding hydrogens is 302 g/mol. The number of aryl methyl sites for hydroxylation is 3. The molecule has 1 amide bonds. The number of anilines is 1. The second-order valence-corrected chi connectivity index (χ2v) is 5.89. The zero-order chi connectivity index (χ0) is 17.4. The zero-order valence-electron chi connectivity index (χ0n) is 14.0. The SMILES string of the molecule is CC(=O)Nc1c(C#N)cnn1-c1cc(C)c2cc(C)cc(C)c2n1. The fourth-order valence-corrected chi connectivity index (χ4v) is 2.83. The molecule has 24 heavy (non-hydrogen) atoms. The fourth-order valence-electron chi connectivity index (χ4n) is 2.83. The third-order valence-electron chi connectivity index (χ3n) is 3.84. The Hall–Kier alpha value is -3.20. The third-order valence-corrected chi connectivity index (χ3v) is 3.84. The highest BCUT2D eigenvalue weighted by atomic mass is 16.1. The van der Waals surface area contributed by atoms with Gasteiger partial charge in [-0.25, -0.2) is 4.98 Å². The molecule has 0 unspecified atom stereocenters. The van der Waals surface area contributed by atoms with Crippen LogP contribution < -0.4 is 5.32 Å². The fraction of sp³-hybridized carbons (Fsp3) is 0.222. The van der Waals surface area contributed by atoms with Crippen LogP contribution in [0.5, 0.6) is 0 Å². The van der Waals surface area contributed by atoms with E-state index in [4.69, 9.17) is 4.98 Å². The Morgan fingerprint density at radius 1 is 1.21 bits per heavy atom. The van der Waals surface area contributed by atoms with Gasteiger partial charge in [0.15, 0.2) is 11.6 Å². The molecule has 0 aliphatic carbocycles. The molecule has 0 spiro atoms. The number of rotatable bonds is 2. The lowest BCUT2D eigenvalue weighted by atomic mass is 10.0. The highest BCUT2D eigenvalue weighted by Gasteiger charge is 2.16. The average molecular weight is 319 g/mol.